The second kappa shape index (κ2) is 4.85. The largest absolute Gasteiger partial charge is 0.397 e. The SMILES string of the molecule is Cc1cc(C#N)cc(Sc2ncccc2N)n1. The Bertz CT molecular complexity index is 589. The second-order valence-corrected chi connectivity index (χ2v) is 4.46. The van der Waals surface area contributed by atoms with Crippen molar-refractivity contribution in [1.29, 1.82) is 5.26 Å². The summed E-state index contributed by atoms with van der Waals surface area (Å²) in [6, 6.07) is 9.14. The number of nitriles is 1. The summed E-state index contributed by atoms with van der Waals surface area (Å²) in [6.07, 6.45) is 1.68. The van der Waals surface area contributed by atoms with Crippen LogP contribution in [0.25, 0.3) is 0 Å². The van der Waals surface area contributed by atoms with Crippen molar-refractivity contribution in [1.82, 2.24) is 9.97 Å². The maximum atomic E-state index is 8.88. The summed E-state index contributed by atoms with van der Waals surface area (Å²) in [5.41, 5.74) is 7.81. The Hall–Kier alpha value is -2.06. The number of aryl methyl sites for hydroxylation is 1. The van der Waals surface area contributed by atoms with Gasteiger partial charge in [-0.25, -0.2) is 9.97 Å². The number of anilines is 1. The highest BCUT2D eigenvalue weighted by Crippen LogP contribution is 2.29. The van der Waals surface area contributed by atoms with Gasteiger partial charge < -0.3 is 5.73 Å². The molecule has 0 aliphatic heterocycles. The van der Waals surface area contributed by atoms with E-state index >= 15 is 0 Å². The first-order valence-corrected chi connectivity index (χ1v) is 5.78. The lowest BCUT2D eigenvalue weighted by Gasteiger charge is -2.04. The van der Waals surface area contributed by atoms with Crippen LogP contribution >= 0.6 is 11.8 Å². The lowest BCUT2D eigenvalue weighted by molar-refractivity contribution is 1.05. The zero-order valence-electron chi connectivity index (χ0n) is 9.21. The van der Waals surface area contributed by atoms with Crippen LogP contribution in [0.3, 0.4) is 0 Å². The van der Waals surface area contributed by atoms with Crippen LogP contribution < -0.4 is 5.73 Å². The van der Waals surface area contributed by atoms with Gasteiger partial charge in [-0.3, -0.25) is 0 Å². The van der Waals surface area contributed by atoms with Crippen LogP contribution in [0.2, 0.25) is 0 Å². The van der Waals surface area contributed by atoms with E-state index in [1.165, 1.54) is 11.8 Å². The van der Waals surface area contributed by atoms with Gasteiger partial charge in [-0.1, -0.05) is 0 Å². The van der Waals surface area contributed by atoms with Gasteiger partial charge in [0.05, 0.1) is 17.3 Å². The zero-order valence-corrected chi connectivity index (χ0v) is 10.0. The van der Waals surface area contributed by atoms with Crippen molar-refractivity contribution in [3.8, 4) is 6.07 Å². The Labute approximate surface area is 104 Å². The Balaban J connectivity index is 2.34. The fourth-order valence-corrected chi connectivity index (χ4v) is 2.22. The quantitative estimate of drug-likeness (QED) is 0.875. The predicted molar refractivity (Wildman–Crippen MR) is 66.5 cm³/mol. The number of pyridine rings is 2. The van der Waals surface area contributed by atoms with E-state index in [1.807, 2.05) is 6.92 Å². The van der Waals surface area contributed by atoms with E-state index in [-0.39, 0.29) is 0 Å². The molecule has 0 amide bonds. The molecule has 0 aromatic carbocycles. The summed E-state index contributed by atoms with van der Waals surface area (Å²) in [5, 5.41) is 10.3. The monoisotopic (exact) mass is 242 g/mol. The molecule has 0 atom stereocenters. The van der Waals surface area contributed by atoms with Gasteiger partial charge in [0.15, 0.2) is 0 Å². The minimum absolute atomic E-state index is 0.592. The standard InChI is InChI=1S/C12H10N4S/c1-8-5-9(7-13)6-11(16-8)17-12-10(14)3-2-4-15-12/h2-6H,14H2,1H3. The average molecular weight is 242 g/mol. The van der Waals surface area contributed by atoms with E-state index in [0.29, 0.717) is 16.3 Å². The van der Waals surface area contributed by atoms with E-state index in [4.69, 9.17) is 11.0 Å². The van der Waals surface area contributed by atoms with Gasteiger partial charge in [0.25, 0.3) is 0 Å². The van der Waals surface area contributed by atoms with E-state index < -0.39 is 0 Å². The van der Waals surface area contributed by atoms with Gasteiger partial charge in [-0.2, -0.15) is 5.26 Å². The fourth-order valence-electron chi connectivity index (χ4n) is 1.34. The molecule has 0 radical (unpaired) electrons. The average Bonchev–Trinajstić information content (AvgIpc) is 2.31. The van der Waals surface area contributed by atoms with E-state index in [0.717, 1.165) is 10.7 Å². The molecule has 0 aliphatic rings. The third-order valence-electron chi connectivity index (χ3n) is 2.06. The van der Waals surface area contributed by atoms with Gasteiger partial charge in [0, 0.05) is 11.9 Å². The smallest absolute Gasteiger partial charge is 0.125 e. The highest BCUT2D eigenvalue weighted by Gasteiger charge is 2.05. The lowest BCUT2D eigenvalue weighted by atomic mass is 10.2. The molecule has 84 valence electrons. The molecule has 0 fully saturated rings. The minimum atomic E-state index is 0.592. The first-order valence-electron chi connectivity index (χ1n) is 4.96. The maximum Gasteiger partial charge on any atom is 0.125 e. The summed E-state index contributed by atoms with van der Waals surface area (Å²) in [7, 11) is 0. The van der Waals surface area contributed by atoms with Crippen LogP contribution in [0.1, 0.15) is 11.3 Å². The van der Waals surface area contributed by atoms with Crippen molar-refractivity contribution in [3.05, 3.63) is 41.7 Å². The molecule has 2 aromatic rings. The molecule has 0 bridgehead atoms. The molecule has 17 heavy (non-hydrogen) atoms. The van der Waals surface area contributed by atoms with Crippen molar-refractivity contribution in [2.45, 2.75) is 17.0 Å². The lowest BCUT2D eigenvalue weighted by Crippen LogP contribution is -1.92. The van der Waals surface area contributed by atoms with E-state index in [9.17, 15) is 0 Å². The number of rotatable bonds is 2. The molecule has 0 spiro atoms. The first-order chi connectivity index (χ1) is 8.19. The Morgan fingerprint density at radius 1 is 1.41 bits per heavy atom. The maximum absolute atomic E-state index is 8.88. The number of nitrogens with zero attached hydrogens (tertiary/aromatic N) is 3. The predicted octanol–water partition coefficient (Wildman–Crippen LogP) is 2.39. The van der Waals surface area contributed by atoms with Gasteiger partial charge in [-0.15, -0.1) is 0 Å². The molecule has 2 aromatic heterocycles. The number of hydrogen-bond acceptors (Lipinski definition) is 5. The molecular weight excluding hydrogens is 232 g/mol. The van der Waals surface area contributed by atoms with Gasteiger partial charge in [-0.05, 0) is 43.0 Å². The third kappa shape index (κ3) is 2.74. The molecule has 2 heterocycles. The van der Waals surface area contributed by atoms with Crippen LogP contribution in [-0.2, 0) is 0 Å². The summed E-state index contributed by atoms with van der Waals surface area (Å²) >= 11 is 1.36. The fraction of sp³-hybridized carbons (Fsp3) is 0.0833. The molecule has 0 saturated heterocycles. The normalized spacial score (nSPS) is 9.88. The summed E-state index contributed by atoms with van der Waals surface area (Å²) in [4.78, 5) is 8.51. The van der Waals surface area contributed by atoms with Crippen molar-refractivity contribution in [3.63, 3.8) is 0 Å². The highest BCUT2D eigenvalue weighted by atomic mass is 32.2. The van der Waals surface area contributed by atoms with Crippen molar-refractivity contribution in [2.24, 2.45) is 0 Å². The Kier molecular flexibility index (Phi) is 3.26. The molecule has 0 unspecified atom stereocenters. The molecule has 2 rings (SSSR count). The number of aromatic nitrogens is 2. The molecule has 2 N–H and O–H groups in total. The summed E-state index contributed by atoms with van der Waals surface area (Å²) < 4.78 is 0. The van der Waals surface area contributed by atoms with Crippen LogP contribution in [0.15, 0.2) is 40.5 Å². The van der Waals surface area contributed by atoms with Crippen LogP contribution in [-0.4, -0.2) is 9.97 Å². The Morgan fingerprint density at radius 2 is 2.24 bits per heavy atom. The van der Waals surface area contributed by atoms with Crippen molar-refractivity contribution >= 4 is 17.4 Å². The van der Waals surface area contributed by atoms with Gasteiger partial charge >= 0.3 is 0 Å². The third-order valence-corrected chi connectivity index (χ3v) is 3.01. The molecule has 0 saturated carbocycles. The Morgan fingerprint density at radius 3 is 2.94 bits per heavy atom. The highest BCUT2D eigenvalue weighted by molar-refractivity contribution is 7.99. The number of nitrogen functional groups attached to an aromatic ring is 1. The van der Waals surface area contributed by atoms with Crippen LogP contribution in [0, 0.1) is 18.3 Å². The minimum Gasteiger partial charge on any atom is -0.397 e. The zero-order chi connectivity index (χ0) is 12.3. The van der Waals surface area contributed by atoms with Gasteiger partial charge in [0.1, 0.15) is 10.1 Å². The summed E-state index contributed by atoms with van der Waals surface area (Å²) in [5.74, 6) is 0. The van der Waals surface area contributed by atoms with Crippen molar-refractivity contribution in [2.75, 3.05) is 5.73 Å². The number of hydrogen-bond donors (Lipinski definition) is 1. The summed E-state index contributed by atoms with van der Waals surface area (Å²) in [6.45, 7) is 1.85. The van der Waals surface area contributed by atoms with Crippen LogP contribution in [0.5, 0.6) is 0 Å². The van der Waals surface area contributed by atoms with E-state index in [2.05, 4.69) is 16.0 Å². The van der Waals surface area contributed by atoms with Gasteiger partial charge in [0.2, 0.25) is 0 Å². The molecular formula is C12H10N4S. The van der Waals surface area contributed by atoms with Crippen molar-refractivity contribution < 1.29 is 0 Å². The molecule has 0 aliphatic carbocycles. The molecule has 4 nitrogen and oxygen atoms in total. The van der Waals surface area contributed by atoms with Crippen LogP contribution in [0.4, 0.5) is 5.69 Å². The number of nitrogens with two attached hydrogens (primary N) is 1. The van der Waals surface area contributed by atoms with E-state index in [1.54, 1.807) is 30.5 Å². The first kappa shape index (κ1) is 11.4. The topological polar surface area (TPSA) is 75.6 Å². The second-order valence-electron chi connectivity index (χ2n) is 3.45. The molecule has 5 heteroatoms.